The third-order valence-corrected chi connectivity index (χ3v) is 3.94. The summed E-state index contributed by atoms with van der Waals surface area (Å²) >= 11 is 0. The van der Waals surface area contributed by atoms with Crippen LogP contribution in [0.2, 0.25) is 0 Å². The fourth-order valence-corrected chi connectivity index (χ4v) is 3.12. The zero-order valence-electron chi connectivity index (χ0n) is 11.6. The van der Waals surface area contributed by atoms with Crippen molar-refractivity contribution < 1.29 is 4.79 Å². The van der Waals surface area contributed by atoms with Gasteiger partial charge in [0.25, 0.3) is 0 Å². The van der Waals surface area contributed by atoms with E-state index in [1.165, 1.54) is 43.6 Å². The van der Waals surface area contributed by atoms with E-state index in [-0.39, 0.29) is 0 Å². The Morgan fingerprint density at radius 1 is 1.39 bits per heavy atom. The zero-order valence-corrected chi connectivity index (χ0v) is 11.6. The average Bonchev–Trinajstić information content (AvgIpc) is 2.80. The highest BCUT2D eigenvalue weighted by atomic mass is 16.1. The van der Waals surface area contributed by atoms with Crippen molar-refractivity contribution in [3.63, 3.8) is 0 Å². The van der Waals surface area contributed by atoms with Crippen LogP contribution >= 0.6 is 0 Å². The predicted molar refractivity (Wildman–Crippen MR) is 74.5 cm³/mol. The summed E-state index contributed by atoms with van der Waals surface area (Å²) in [5, 5.41) is 0. The predicted octanol–water partition coefficient (Wildman–Crippen LogP) is 2.51. The van der Waals surface area contributed by atoms with Gasteiger partial charge >= 0.3 is 0 Å². The highest BCUT2D eigenvalue weighted by molar-refractivity contribution is 5.55. The smallest absolute Gasteiger partial charge is 0.217 e. The Balaban J connectivity index is 2.08. The van der Waals surface area contributed by atoms with E-state index >= 15 is 0 Å². The van der Waals surface area contributed by atoms with E-state index < -0.39 is 0 Å². The molecule has 100 valence electrons. The Labute approximate surface area is 110 Å². The van der Waals surface area contributed by atoms with Gasteiger partial charge in [0.1, 0.15) is 0 Å². The van der Waals surface area contributed by atoms with Crippen molar-refractivity contribution in [2.24, 2.45) is 0 Å². The van der Waals surface area contributed by atoms with Gasteiger partial charge in [0.05, 0.1) is 0 Å². The Morgan fingerprint density at radius 3 is 2.72 bits per heavy atom. The second-order valence-electron chi connectivity index (χ2n) is 5.23. The molecular formula is C15H24N2O. The molecule has 1 aromatic rings. The molecule has 18 heavy (non-hydrogen) atoms. The van der Waals surface area contributed by atoms with E-state index in [1.807, 2.05) is 6.20 Å². The van der Waals surface area contributed by atoms with Crippen LogP contribution < -0.4 is 0 Å². The number of hydrogen-bond acceptors (Lipinski definition) is 2. The zero-order chi connectivity index (χ0) is 13.0. The Morgan fingerprint density at radius 2 is 2.11 bits per heavy atom. The maximum Gasteiger partial charge on any atom is 0.217 e. The summed E-state index contributed by atoms with van der Waals surface area (Å²) in [4.78, 5) is 13.5. The van der Waals surface area contributed by atoms with Gasteiger partial charge in [-0.25, -0.2) is 0 Å². The summed E-state index contributed by atoms with van der Waals surface area (Å²) in [6, 6.07) is 2.78. The van der Waals surface area contributed by atoms with E-state index in [9.17, 15) is 4.79 Å². The fraction of sp³-hybridized carbons (Fsp3) is 0.667. The molecule has 0 saturated carbocycles. The van der Waals surface area contributed by atoms with Crippen molar-refractivity contribution in [1.29, 1.82) is 0 Å². The highest BCUT2D eigenvalue weighted by Crippen LogP contribution is 2.25. The van der Waals surface area contributed by atoms with Crippen LogP contribution in [-0.2, 0) is 17.6 Å². The van der Waals surface area contributed by atoms with Crippen LogP contribution in [0, 0.1) is 0 Å². The first-order valence-corrected chi connectivity index (χ1v) is 7.18. The van der Waals surface area contributed by atoms with Gasteiger partial charge in [-0.15, -0.1) is 0 Å². The number of nitrogens with zero attached hydrogens (tertiary/aromatic N) is 2. The number of rotatable bonds is 6. The van der Waals surface area contributed by atoms with E-state index in [0.29, 0.717) is 6.04 Å². The second kappa shape index (κ2) is 6.19. The number of fused-ring (bicyclic) bond motifs is 1. The Bertz CT molecular complexity index is 391. The van der Waals surface area contributed by atoms with Gasteiger partial charge in [-0.1, -0.05) is 13.8 Å². The van der Waals surface area contributed by atoms with Crippen LogP contribution in [0.5, 0.6) is 0 Å². The molecule has 3 nitrogen and oxygen atoms in total. The maximum absolute atomic E-state index is 10.9. The molecule has 2 rings (SSSR count). The van der Waals surface area contributed by atoms with Gasteiger partial charge in [0, 0.05) is 17.9 Å². The third-order valence-electron chi connectivity index (χ3n) is 3.94. The average molecular weight is 248 g/mol. The van der Waals surface area contributed by atoms with Gasteiger partial charge in [0.15, 0.2) is 0 Å². The van der Waals surface area contributed by atoms with Gasteiger partial charge < -0.3 is 4.90 Å². The SMILES string of the molecule is CCCN(CCC)[C@H]1CCc2c(ccn2C=O)C1. The number of carbonyl (C=O) groups is 1. The highest BCUT2D eigenvalue weighted by Gasteiger charge is 2.25. The van der Waals surface area contributed by atoms with Gasteiger partial charge in [0.2, 0.25) is 6.41 Å². The molecule has 1 aliphatic carbocycles. The van der Waals surface area contributed by atoms with Crippen LogP contribution in [0.4, 0.5) is 0 Å². The minimum Gasteiger partial charge on any atom is -0.300 e. The molecule has 1 aliphatic rings. The van der Waals surface area contributed by atoms with Crippen LogP contribution in [0.3, 0.4) is 0 Å². The monoisotopic (exact) mass is 248 g/mol. The summed E-state index contributed by atoms with van der Waals surface area (Å²) in [6.07, 6.45) is 8.60. The lowest BCUT2D eigenvalue weighted by molar-refractivity contribution is 0.179. The molecule has 0 saturated heterocycles. The molecule has 3 heteroatoms. The number of aromatic nitrogens is 1. The standard InChI is InChI=1S/C15H24N2O/c1-3-8-16(9-4-2)14-5-6-15-13(11-14)7-10-17(15)12-18/h7,10,12,14H,3-6,8-9,11H2,1-2H3/t14-/m0/s1. The topological polar surface area (TPSA) is 25.2 Å². The van der Waals surface area contributed by atoms with E-state index in [2.05, 4.69) is 24.8 Å². The molecule has 0 amide bonds. The first-order valence-electron chi connectivity index (χ1n) is 7.18. The molecule has 1 heterocycles. The van der Waals surface area contributed by atoms with Crippen molar-refractivity contribution in [2.75, 3.05) is 13.1 Å². The van der Waals surface area contributed by atoms with Crippen molar-refractivity contribution >= 4 is 6.41 Å². The maximum atomic E-state index is 10.9. The van der Waals surface area contributed by atoms with Crippen molar-refractivity contribution in [3.8, 4) is 0 Å². The molecule has 1 atom stereocenters. The summed E-state index contributed by atoms with van der Waals surface area (Å²) in [6.45, 7) is 6.89. The van der Waals surface area contributed by atoms with Crippen molar-refractivity contribution in [2.45, 2.75) is 52.0 Å². The molecule has 0 aliphatic heterocycles. The van der Waals surface area contributed by atoms with E-state index in [4.69, 9.17) is 0 Å². The number of hydrogen-bond donors (Lipinski definition) is 0. The van der Waals surface area contributed by atoms with Gasteiger partial charge in [-0.05, 0) is 56.8 Å². The van der Waals surface area contributed by atoms with Crippen LogP contribution in [-0.4, -0.2) is 35.0 Å². The van der Waals surface area contributed by atoms with Gasteiger partial charge in [-0.2, -0.15) is 0 Å². The molecule has 0 unspecified atom stereocenters. The molecule has 0 bridgehead atoms. The molecular weight excluding hydrogens is 224 g/mol. The minimum absolute atomic E-state index is 0.667. The normalized spacial score (nSPS) is 18.9. The lowest BCUT2D eigenvalue weighted by Gasteiger charge is -2.34. The Kier molecular flexibility index (Phi) is 4.59. The van der Waals surface area contributed by atoms with Crippen LogP contribution in [0.25, 0.3) is 0 Å². The minimum atomic E-state index is 0.667. The molecule has 0 fully saturated rings. The lowest BCUT2D eigenvalue weighted by atomic mass is 9.92. The molecule has 0 aromatic carbocycles. The summed E-state index contributed by atoms with van der Waals surface area (Å²) in [5.41, 5.74) is 2.60. The molecule has 1 aromatic heterocycles. The lowest BCUT2D eigenvalue weighted by Crippen LogP contribution is -2.40. The second-order valence-corrected chi connectivity index (χ2v) is 5.23. The largest absolute Gasteiger partial charge is 0.300 e. The fourth-order valence-electron chi connectivity index (χ4n) is 3.12. The van der Waals surface area contributed by atoms with Crippen molar-refractivity contribution in [1.82, 2.24) is 9.47 Å². The van der Waals surface area contributed by atoms with E-state index in [1.54, 1.807) is 4.57 Å². The van der Waals surface area contributed by atoms with Gasteiger partial charge in [-0.3, -0.25) is 9.36 Å². The summed E-state index contributed by atoms with van der Waals surface area (Å²) in [5.74, 6) is 0. The molecule has 0 spiro atoms. The number of carbonyl (C=O) groups excluding carboxylic acids is 1. The third kappa shape index (κ3) is 2.66. The summed E-state index contributed by atoms with van der Waals surface area (Å²) < 4.78 is 1.75. The molecule has 0 N–H and O–H groups in total. The van der Waals surface area contributed by atoms with Crippen LogP contribution in [0.1, 0.15) is 44.4 Å². The van der Waals surface area contributed by atoms with E-state index in [0.717, 1.165) is 19.3 Å². The van der Waals surface area contributed by atoms with Crippen LogP contribution in [0.15, 0.2) is 12.3 Å². The first kappa shape index (κ1) is 13.3. The van der Waals surface area contributed by atoms with Crippen molar-refractivity contribution in [3.05, 3.63) is 23.5 Å². The summed E-state index contributed by atoms with van der Waals surface area (Å²) in [7, 11) is 0. The first-order chi connectivity index (χ1) is 8.80. The quantitative estimate of drug-likeness (QED) is 0.723. The molecule has 0 radical (unpaired) electrons. The Hall–Kier alpha value is -1.09.